The number of anilines is 1. The van der Waals surface area contributed by atoms with Gasteiger partial charge >= 0.3 is 5.69 Å². The van der Waals surface area contributed by atoms with Crippen LogP contribution >= 0.6 is 11.3 Å². The predicted octanol–water partition coefficient (Wildman–Crippen LogP) is 1.50. The number of halogens is 1. The summed E-state index contributed by atoms with van der Waals surface area (Å²) in [6, 6.07) is 6.80. The van der Waals surface area contributed by atoms with Gasteiger partial charge in [0.25, 0.3) is 5.56 Å². The molecule has 10 heteroatoms. The first-order valence-corrected chi connectivity index (χ1v) is 10.1. The molecule has 4 heterocycles. The summed E-state index contributed by atoms with van der Waals surface area (Å²) in [6.07, 6.45) is 0. The van der Waals surface area contributed by atoms with Crippen molar-refractivity contribution in [3.63, 3.8) is 0 Å². The van der Waals surface area contributed by atoms with Gasteiger partial charge in [-0.05, 0) is 25.1 Å². The average Bonchev–Trinajstić information content (AvgIpc) is 3.11. The molecular weight excluding hydrogens is 395 g/mol. The molecule has 150 valence electrons. The van der Waals surface area contributed by atoms with E-state index in [4.69, 9.17) is 5.26 Å². The van der Waals surface area contributed by atoms with Crippen molar-refractivity contribution >= 4 is 27.2 Å². The van der Waals surface area contributed by atoms with Crippen LogP contribution < -0.4 is 16.1 Å². The van der Waals surface area contributed by atoms with E-state index in [-0.39, 0.29) is 16.9 Å². The summed E-state index contributed by atoms with van der Waals surface area (Å²) in [4.78, 5) is 36.6. The molecule has 0 aromatic carbocycles. The average molecular weight is 414 g/mol. The highest BCUT2D eigenvalue weighted by molar-refractivity contribution is 7.18. The topological polar surface area (TPSA) is 98.0 Å². The van der Waals surface area contributed by atoms with Crippen LogP contribution in [-0.2, 0) is 13.1 Å². The van der Waals surface area contributed by atoms with Gasteiger partial charge in [-0.15, -0.1) is 11.3 Å². The molecule has 3 aromatic heterocycles. The van der Waals surface area contributed by atoms with Crippen LogP contribution in [0.4, 0.5) is 10.1 Å². The molecule has 0 aliphatic carbocycles. The lowest BCUT2D eigenvalue weighted by Crippen LogP contribution is -2.46. The number of H-pyrrole nitrogens is 1. The standard InChI is InChI=1S/C19H19FN6O2S/c1-2-26-18(27)14-9-13(29-17(14)23-19(26)28)11-24-5-7-25(8-6-24)15-4-3-12(10-21)22-16(15)20/h3-4,9H,2,5-8,11H2,1H3,(H,23,28). The van der Waals surface area contributed by atoms with Crippen molar-refractivity contribution < 1.29 is 4.39 Å². The first kappa shape index (κ1) is 19.3. The van der Waals surface area contributed by atoms with Crippen molar-refractivity contribution in [1.29, 1.82) is 5.26 Å². The molecule has 3 aromatic rings. The van der Waals surface area contributed by atoms with Gasteiger partial charge in [-0.25, -0.2) is 9.78 Å². The Kier molecular flexibility index (Phi) is 5.17. The Morgan fingerprint density at radius 2 is 2.03 bits per heavy atom. The first-order valence-electron chi connectivity index (χ1n) is 9.29. The Hall–Kier alpha value is -3.03. The van der Waals surface area contributed by atoms with Gasteiger partial charge in [-0.3, -0.25) is 19.2 Å². The van der Waals surface area contributed by atoms with E-state index in [1.54, 1.807) is 13.0 Å². The smallest absolute Gasteiger partial charge is 0.329 e. The third kappa shape index (κ3) is 3.66. The van der Waals surface area contributed by atoms with Crippen molar-refractivity contribution in [2.45, 2.75) is 20.0 Å². The van der Waals surface area contributed by atoms with Crippen molar-refractivity contribution in [3.05, 3.63) is 55.6 Å². The Bertz CT molecular complexity index is 1220. The summed E-state index contributed by atoms with van der Waals surface area (Å²) in [5.41, 5.74) is -0.176. The zero-order valence-corrected chi connectivity index (χ0v) is 16.6. The molecule has 0 unspecified atom stereocenters. The summed E-state index contributed by atoms with van der Waals surface area (Å²) < 4.78 is 15.3. The number of thiophene rings is 1. The Morgan fingerprint density at radius 1 is 1.28 bits per heavy atom. The van der Waals surface area contributed by atoms with Gasteiger partial charge in [0.1, 0.15) is 16.6 Å². The number of aromatic amines is 1. The van der Waals surface area contributed by atoms with Gasteiger partial charge in [0.05, 0.1) is 11.1 Å². The van der Waals surface area contributed by atoms with E-state index in [1.807, 2.05) is 17.0 Å². The second-order valence-corrected chi connectivity index (χ2v) is 7.95. The zero-order valence-electron chi connectivity index (χ0n) is 15.8. The number of pyridine rings is 1. The van der Waals surface area contributed by atoms with Crippen LogP contribution in [0.1, 0.15) is 17.5 Å². The van der Waals surface area contributed by atoms with Crippen molar-refractivity contribution in [2.75, 3.05) is 31.1 Å². The molecule has 0 amide bonds. The van der Waals surface area contributed by atoms with E-state index in [0.717, 1.165) is 18.0 Å². The minimum Gasteiger partial charge on any atom is -0.365 e. The number of nitrogens with one attached hydrogen (secondary N) is 1. The molecule has 0 spiro atoms. The number of rotatable bonds is 4. The van der Waals surface area contributed by atoms with Gasteiger partial charge in [0.2, 0.25) is 5.95 Å². The number of hydrogen-bond acceptors (Lipinski definition) is 7. The monoisotopic (exact) mass is 414 g/mol. The van der Waals surface area contributed by atoms with Gasteiger partial charge in [0.15, 0.2) is 0 Å². The fourth-order valence-corrected chi connectivity index (χ4v) is 4.63. The van der Waals surface area contributed by atoms with Crippen LogP contribution in [-0.4, -0.2) is 45.6 Å². The van der Waals surface area contributed by atoms with Crippen LogP contribution in [0, 0.1) is 17.3 Å². The maximum absolute atomic E-state index is 14.1. The highest BCUT2D eigenvalue weighted by atomic mass is 32.1. The Morgan fingerprint density at radius 3 is 2.69 bits per heavy atom. The molecule has 0 atom stereocenters. The third-order valence-electron chi connectivity index (χ3n) is 5.08. The number of hydrogen-bond donors (Lipinski definition) is 1. The van der Waals surface area contributed by atoms with Crippen molar-refractivity contribution in [3.8, 4) is 6.07 Å². The molecule has 0 saturated carbocycles. The maximum atomic E-state index is 14.1. The number of nitriles is 1. The summed E-state index contributed by atoms with van der Waals surface area (Å²) in [7, 11) is 0. The summed E-state index contributed by atoms with van der Waals surface area (Å²) in [6.45, 7) is 5.48. The third-order valence-corrected chi connectivity index (χ3v) is 6.11. The number of nitrogens with zero attached hydrogens (tertiary/aromatic N) is 5. The lowest BCUT2D eigenvalue weighted by Gasteiger charge is -2.35. The second kappa shape index (κ2) is 7.77. The molecule has 1 aliphatic heterocycles. The summed E-state index contributed by atoms with van der Waals surface area (Å²) in [5.74, 6) is -0.627. The normalized spacial score (nSPS) is 15.0. The van der Waals surface area contributed by atoms with Crippen molar-refractivity contribution in [2.24, 2.45) is 0 Å². The maximum Gasteiger partial charge on any atom is 0.329 e. The van der Waals surface area contributed by atoms with Gasteiger partial charge < -0.3 is 4.90 Å². The van der Waals surface area contributed by atoms with Crippen LogP contribution in [0.15, 0.2) is 27.8 Å². The van der Waals surface area contributed by atoms with E-state index in [2.05, 4.69) is 14.9 Å². The molecule has 8 nitrogen and oxygen atoms in total. The quantitative estimate of drug-likeness (QED) is 0.650. The van der Waals surface area contributed by atoms with E-state index >= 15 is 0 Å². The molecule has 1 N–H and O–H groups in total. The minimum atomic E-state index is -0.627. The van der Waals surface area contributed by atoms with E-state index in [1.165, 1.54) is 22.0 Å². The lowest BCUT2D eigenvalue weighted by molar-refractivity contribution is 0.251. The molecule has 1 aliphatic rings. The van der Waals surface area contributed by atoms with E-state index in [9.17, 15) is 14.0 Å². The minimum absolute atomic E-state index is 0.0647. The summed E-state index contributed by atoms with van der Waals surface area (Å²) in [5, 5.41) is 9.35. The number of aromatic nitrogens is 3. The SMILES string of the molecule is CCn1c(=O)[nH]c2sc(CN3CCN(c4ccc(C#N)nc4F)CC3)cc2c1=O. The number of piperazine rings is 1. The molecule has 29 heavy (non-hydrogen) atoms. The van der Waals surface area contributed by atoms with Gasteiger partial charge in [-0.2, -0.15) is 9.65 Å². The number of fused-ring (bicyclic) bond motifs is 1. The zero-order chi connectivity index (χ0) is 20.5. The fourth-order valence-electron chi connectivity index (χ4n) is 3.55. The molecule has 1 saturated heterocycles. The Labute approximate surface area is 169 Å². The van der Waals surface area contributed by atoms with Crippen LogP contribution in [0.3, 0.4) is 0 Å². The molecule has 4 rings (SSSR count). The van der Waals surface area contributed by atoms with Crippen molar-refractivity contribution in [1.82, 2.24) is 19.4 Å². The molecule has 1 fully saturated rings. The predicted molar refractivity (Wildman–Crippen MR) is 109 cm³/mol. The van der Waals surface area contributed by atoms with Gasteiger partial charge in [0, 0.05) is 44.1 Å². The van der Waals surface area contributed by atoms with Gasteiger partial charge in [-0.1, -0.05) is 0 Å². The second-order valence-electron chi connectivity index (χ2n) is 6.82. The van der Waals surface area contributed by atoms with Crippen LogP contribution in [0.5, 0.6) is 0 Å². The molecular formula is C19H19FN6O2S. The van der Waals surface area contributed by atoms with E-state index < -0.39 is 5.95 Å². The first-order chi connectivity index (χ1) is 14.0. The largest absolute Gasteiger partial charge is 0.365 e. The van der Waals surface area contributed by atoms with Crippen LogP contribution in [0.25, 0.3) is 10.2 Å². The molecule has 0 radical (unpaired) electrons. The Balaban J connectivity index is 1.46. The summed E-state index contributed by atoms with van der Waals surface area (Å²) >= 11 is 1.42. The van der Waals surface area contributed by atoms with Crippen LogP contribution in [0.2, 0.25) is 0 Å². The highest BCUT2D eigenvalue weighted by Crippen LogP contribution is 2.24. The van der Waals surface area contributed by atoms with E-state index in [0.29, 0.717) is 42.1 Å². The lowest BCUT2D eigenvalue weighted by atomic mass is 10.2. The highest BCUT2D eigenvalue weighted by Gasteiger charge is 2.21. The fraction of sp³-hybridized carbons (Fsp3) is 0.368. The molecule has 0 bridgehead atoms.